The smallest absolute Gasteiger partial charge is 0.0480 e. The Hall–Kier alpha value is -0.120. The van der Waals surface area contributed by atoms with Gasteiger partial charge in [0.1, 0.15) is 0 Å². The van der Waals surface area contributed by atoms with E-state index in [2.05, 4.69) is 24.2 Å². The van der Waals surface area contributed by atoms with Crippen LogP contribution in [0.2, 0.25) is 0 Å². The molecule has 0 aromatic heterocycles. The molecule has 1 N–H and O–H groups in total. The maximum Gasteiger partial charge on any atom is 0.0480 e. The lowest BCUT2D eigenvalue weighted by atomic mass is 10.0. The number of rotatable bonds is 6. The summed E-state index contributed by atoms with van der Waals surface area (Å²) in [7, 11) is 4.30. The number of ether oxygens (including phenoxy) is 1. The van der Waals surface area contributed by atoms with E-state index in [0.717, 1.165) is 31.7 Å². The second kappa shape index (κ2) is 7.20. The first kappa shape index (κ1) is 12.9. The molecule has 1 saturated heterocycles. The first-order valence-corrected chi connectivity index (χ1v) is 6.20. The van der Waals surface area contributed by atoms with Gasteiger partial charge in [-0.25, -0.2) is 0 Å². The molecular formula is C12H26N2O. The molecule has 0 spiro atoms. The Kier molecular flexibility index (Phi) is 6.22. The fourth-order valence-electron chi connectivity index (χ4n) is 2.31. The van der Waals surface area contributed by atoms with E-state index in [-0.39, 0.29) is 0 Å². The molecule has 0 bridgehead atoms. The van der Waals surface area contributed by atoms with Crippen molar-refractivity contribution in [3.05, 3.63) is 0 Å². The van der Waals surface area contributed by atoms with Crippen LogP contribution >= 0.6 is 0 Å². The lowest BCUT2D eigenvalue weighted by molar-refractivity contribution is 0.0381. The average molecular weight is 214 g/mol. The highest BCUT2D eigenvalue weighted by Gasteiger charge is 2.20. The number of nitrogens with zero attached hydrogens (tertiary/aromatic N) is 1. The third-order valence-electron chi connectivity index (χ3n) is 3.43. The Labute approximate surface area is 94.2 Å². The second-order valence-corrected chi connectivity index (χ2v) is 4.62. The minimum absolute atomic E-state index is 0.740. The number of hydrogen-bond acceptors (Lipinski definition) is 3. The Morgan fingerprint density at radius 3 is 2.60 bits per heavy atom. The van der Waals surface area contributed by atoms with E-state index in [0.29, 0.717) is 0 Å². The minimum atomic E-state index is 0.740. The summed E-state index contributed by atoms with van der Waals surface area (Å²) in [5.41, 5.74) is 0. The molecule has 1 rings (SSSR count). The predicted octanol–water partition coefficient (Wildman–Crippen LogP) is 1.34. The maximum absolute atomic E-state index is 5.39. The van der Waals surface area contributed by atoms with Crippen molar-refractivity contribution >= 4 is 0 Å². The topological polar surface area (TPSA) is 24.5 Å². The zero-order valence-electron chi connectivity index (χ0n) is 10.5. The first-order chi connectivity index (χ1) is 7.27. The summed E-state index contributed by atoms with van der Waals surface area (Å²) in [5.74, 6) is 0.780. The highest BCUT2D eigenvalue weighted by atomic mass is 16.5. The highest BCUT2D eigenvalue weighted by Crippen LogP contribution is 2.15. The van der Waals surface area contributed by atoms with Crippen LogP contribution in [0.15, 0.2) is 0 Å². The van der Waals surface area contributed by atoms with Gasteiger partial charge >= 0.3 is 0 Å². The molecule has 0 saturated carbocycles. The van der Waals surface area contributed by atoms with Gasteiger partial charge in [0.2, 0.25) is 0 Å². The SMILES string of the molecule is CCC(CNC)CN(C)C1CCOCC1. The van der Waals surface area contributed by atoms with Crippen molar-refractivity contribution < 1.29 is 4.74 Å². The molecule has 0 radical (unpaired) electrons. The van der Waals surface area contributed by atoms with Crippen LogP contribution in [-0.4, -0.2) is 51.3 Å². The van der Waals surface area contributed by atoms with E-state index in [1.165, 1.54) is 25.8 Å². The molecule has 90 valence electrons. The molecule has 1 aliphatic rings. The van der Waals surface area contributed by atoms with Crippen molar-refractivity contribution in [1.82, 2.24) is 10.2 Å². The number of nitrogens with one attached hydrogen (secondary N) is 1. The molecule has 1 aliphatic heterocycles. The predicted molar refractivity (Wildman–Crippen MR) is 64.2 cm³/mol. The fraction of sp³-hybridized carbons (Fsp3) is 1.00. The van der Waals surface area contributed by atoms with Crippen molar-refractivity contribution in [3.63, 3.8) is 0 Å². The van der Waals surface area contributed by atoms with E-state index >= 15 is 0 Å². The van der Waals surface area contributed by atoms with Crippen LogP contribution in [0.4, 0.5) is 0 Å². The third-order valence-corrected chi connectivity index (χ3v) is 3.43. The van der Waals surface area contributed by atoms with Gasteiger partial charge in [-0.2, -0.15) is 0 Å². The van der Waals surface area contributed by atoms with Crippen LogP contribution < -0.4 is 5.32 Å². The molecule has 0 aromatic carbocycles. The molecule has 15 heavy (non-hydrogen) atoms. The lowest BCUT2D eigenvalue weighted by Gasteiger charge is -2.33. The van der Waals surface area contributed by atoms with E-state index in [4.69, 9.17) is 4.74 Å². The maximum atomic E-state index is 5.39. The van der Waals surface area contributed by atoms with Crippen LogP contribution in [0.25, 0.3) is 0 Å². The molecule has 0 aliphatic carbocycles. The van der Waals surface area contributed by atoms with Crippen molar-refractivity contribution in [2.24, 2.45) is 5.92 Å². The molecule has 0 amide bonds. The molecule has 1 unspecified atom stereocenters. The van der Waals surface area contributed by atoms with Gasteiger partial charge in [0.25, 0.3) is 0 Å². The highest BCUT2D eigenvalue weighted by molar-refractivity contribution is 4.74. The minimum Gasteiger partial charge on any atom is -0.381 e. The van der Waals surface area contributed by atoms with Crippen LogP contribution in [0.3, 0.4) is 0 Å². The van der Waals surface area contributed by atoms with Crippen molar-refractivity contribution in [2.75, 3.05) is 40.4 Å². The van der Waals surface area contributed by atoms with Gasteiger partial charge in [0, 0.05) is 25.8 Å². The molecular weight excluding hydrogens is 188 g/mol. The summed E-state index contributed by atoms with van der Waals surface area (Å²) in [6.45, 7) is 6.50. The van der Waals surface area contributed by atoms with Crippen LogP contribution in [0.1, 0.15) is 26.2 Å². The van der Waals surface area contributed by atoms with E-state index in [1.807, 2.05) is 7.05 Å². The van der Waals surface area contributed by atoms with Crippen molar-refractivity contribution in [3.8, 4) is 0 Å². The van der Waals surface area contributed by atoms with Gasteiger partial charge < -0.3 is 15.0 Å². The molecule has 1 fully saturated rings. The molecule has 1 atom stereocenters. The number of hydrogen-bond donors (Lipinski definition) is 1. The third kappa shape index (κ3) is 4.49. The summed E-state index contributed by atoms with van der Waals surface area (Å²) in [6, 6.07) is 0.740. The molecule has 3 nitrogen and oxygen atoms in total. The Balaban J connectivity index is 2.28. The Morgan fingerprint density at radius 1 is 1.40 bits per heavy atom. The lowest BCUT2D eigenvalue weighted by Crippen LogP contribution is -2.41. The zero-order valence-corrected chi connectivity index (χ0v) is 10.5. The van der Waals surface area contributed by atoms with Crippen molar-refractivity contribution in [1.29, 1.82) is 0 Å². The summed E-state index contributed by atoms with van der Waals surface area (Å²) >= 11 is 0. The second-order valence-electron chi connectivity index (χ2n) is 4.62. The summed E-state index contributed by atoms with van der Waals surface area (Å²) in [4.78, 5) is 2.52. The Morgan fingerprint density at radius 2 is 2.07 bits per heavy atom. The monoisotopic (exact) mass is 214 g/mol. The molecule has 0 aromatic rings. The molecule has 1 heterocycles. The van der Waals surface area contributed by atoms with E-state index in [9.17, 15) is 0 Å². The molecule has 3 heteroatoms. The fourth-order valence-corrected chi connectivity index (χ4v) is 2.31. The van der Waals surface area contributed by atoms with Crippen LogP contribution in [0, 0.1) is 5.92 Å². The Bertz CT molecular complexity index is 158. The van der Waals surface area contributed by atoms with Gasteiger partial charge in [-0.05, 0) is 39.4 Å². The summed E-state index contributed by atoms with van der Waals surface area (Å²) in [6.07, 6.45) is 3.66. The van der Waals surface area contributed by atoms with Gasteiger partial charge in [0.15, 0.2) is 0 Å². The summed E-state index contributed by atoms with van der Waals surface area (Å²) in [5, 5.41) is 3.28. The average Bonchev–Trinajstić information content (AvgIpc) is 2.29. The quantitative estimate of drug-likeness (QED) is 0.722. The largest absolute Gasteiger partial charge is 0.381 e. The van der Waals surface area contributed by atoms with Crippen LogP contribution in [-0.2, 0) is 4.74 Å². The first-order valence-electron chi connectivity index (χ1n) is 6.20. The van der Waals surface area contributed by atoms with Crippen LogP contribution in [0.5, 0.6) is 0 Å². The normalized spacial score (nSPS) is 20.8. The van der Waals surface area contributed by atoms with Crippen molar-refractivity contribution in [2.45, 2.75) is 32.2 Å². The van der Waals surface area contributed by atoms with Gasteiger partial charge in [-0.1, -0.05) is 13.3 Å². The van der Waals surface area contributed by atoms with E-state index < -0.39 is 0 Å². The van der Waals surface area contributed by atoms with Gasteiger partial charge in [-0.3, -0.25) is 0 Å². The summed E-state index contributed by atoms with van der Waals surface area (Å²) < 4.78 is 5.39. The zero-order chi connectivity index (χ0) is 11.1. The standard InChI is InChI=1S/C12H26N2O/c1-4-11(9-13-2)10-14(3)12-5-7-15-8-6-12/h11-13H,4-10H2,1-3H3. The van der Waals surface area contributed by atoms with Gasteiger partial charge in [-0.15, -0.1) is 0 Å². The van der Waals surface area contributed by atoms with Gasteiger partial charge in [0.05, 0.1) is 0 Å². The van der Waals surface area contributed by atoms with E-state index in [1.54, 1.807) is 0 Å².